The smallest absolute Gasteiger partial charge is 0.137 e. The fourth-order valence-electron chi connectivity index (χ4n) is 2.33. The second-order valence-electron chi connectivity index (χ2n) is 4.57. The number of H-pyrrole nitrogens is 1. The van der Waals surface area contributed by atoms with E-state index in [-0.39, 0.29) is 0 Å². The number of hydrogen-bond donors (Lipinski definition) is 1. The van der Waals surface area contributed by atoms with E-state index in [1.807, 2.05) is 24.4 Å². The maximum atomic E-state index is 5.25. The van der Waals surface area contributed by atoms with Crippen molar-refractivity contribution in [3.05, 3.63) is 59.9 Å². The van der Waals surface area contributed by atoms with Gasteiger partial charge in [-0.25, -0.2) is 4.98 Å². The maximum Gasteiger partial charge on any atom is 0.137 e. The Morgan fingerprint density at radius 1 is 1.16 bits per heavy atom. The van der Waals surface area contributed by atoms with Crippen molar-refractivity contribution < 1.29 is 4.74 Å². The van der Waals surface area contributed by atoms with Gasteiger partial charge in [0.1, 0.15) is 11.4 Å². The number of aryl methyl sites for hydroxylation is 2. The number of aromatic nitrogens is 2. The molecule has 0 saturated heterocycles. The van der Waals surface area contributed by atoms with Crippen LogP contribution < -0.4 is 4.74 Å². The second-order valence-corrected chi connectivity index (χ2v) is 4.57. The minimum Gasteiger partial charge on any atom is -0.497 e. The van der Waals surface area contributed by atoms with E-state index in [9.17, 15) is 0 Å². The molecule has 0 aliphatic heterocycles. The Morgan fingerprint density at radius 2 is 2.11 bits per heavy atom. The Bertz CT molecular complexity index is 688. The molecule has 3 rings (SSSR count). The van der Waals surface area contributed by atoms with Crippen LogP contribution in [0.3, 0.4) is 0 Å². The number of fused-ring (bicyclic) bond motifs is 1. The Morgan fingerprint density at radius 3 is 3.00 bits per heavy atom. The first kappa shape index (κ1) is 11.8. The molecule has 0 fully saturated rings. The monoisotopic (exact) mass is 252 g/mol. The molecule has 3 heteroatoms. The van der Waals surface area contributed by atoms with Crippen molar-refractivity contribution in [1.82, 2.24) is 9.97 Å². The predicted octanol–water partition coefficient (Wildman–Crippen LogP) is 3.36. The molecule has 0 radical (unpaired) electrons. The van der Waals surface area contributed by atoms with Gasteiger partial charge in [-0.1, -0.05) is 12.1 Å². The molecule has 0 aliphatic rings. The van der Waals surface area contributed by atoms with E-state index in [0.717, 1.165) is 24.2 Å². The Balaban J connectivity index is 1.78. The Kier molecular flexibility index (Phi) is 3.19. The maximum absolute atomic E-state index is 5.25. The summed E-state index contributed by atoms with van der Waals surface area (Å²) in [5.74, 6) is 0.915. The summed E-state index contributed by atoms with van der Waals surface area (Å²) < 4.78 is 5.25. The zero-order valence-electron chi connectivity index (χ0n) is 10.9. The highest BCUT2D eigenvalue weighted by Crippen LogP contribution is 2.19. The van der Waals surface area contributed by atoms with E-state index in [4.69, 9.17) is 4.74 Å². The highest BCUT2D eigenvalue weighted by Gasteiger charge is 2.04. The molecule has 2 aromatic heterocycles. The van der Waals surface area contributed by atoms with E-state index in [1.54, 1.807) is 7.11 Å². The fraction of sp³-hybridized carbons (Fsp3) is 0.188. The summed E-state index contributed by atoms with van der Waals surface area (Å²) in [5, 5.41) is 1.21. The van der Waals surface area contributed by atoms with Crippen molar-refractivity contribution >= 4 is 11.0 Å². The molecule has 3 aromatic rings. The number of pyridine rings is 1. The summed E-state index contributed by atoms with van der Waals surface area (Å²) in [6, 6.07) is 12.3. The molecular formula is C16H16N2O. The number of aromatic amines is 1. The lowest BCUT2D eigenvalue weighted by molar-refractivity contribution is 0.414. The van der Waals surface area contributed by atoms with Gasteiger partial charge in [0.05, 0.1) is 7.11 Å². The van der Waals surface area contributed by atoms with Crippen LogP contribution in [-0.4, -0.2) is 17.1 Å². The molecule has 0 amide bonds. The van der Waals surface area contributed by atoms with Gasteiger partial charge >= 0.3 is 0 Å². The van der Waals surface area contributed by atoms with Crippen LogP contribution >= 0.6 is 0 Å². The fourth-order valence-corrected chi connectivity index (χ4v) is 2.33. The third kappa shape index (κ3) is 2.45. The first-order chi connectivity index (χ1) is 9.36. The van der Waals surface area contributed by atoms with Crippen molar-refractivity contribution in [2.45, 2.75) is 12.8 Å². The van der Waals surface area contributed by atoms with Crippen LogP contribution in [0, 0.1) is 0 Å². The van der Waals surface area contributed by atoms with Crippen LogP contribution in [0.2, 0.25) is 0 Å². The van der Waals surface area contributed by atoms with Crippen molar-refractivity contribution in [3.8, 4) is 5.75 Å². The van der Waals surface area contributed by atoms with E-state index in [2.05, 4.69) is 34.4 Å². The minimum atomic E-state index is 0.915. The molecule has 0 bridgehead atoms. The first-order valence-electron chi connectivity index (χ1n) is 6.41. The predicted molar refractivity (Wildman–Crippen MR) is 76.5 cm³/mol. The van der Waals surface area contributed by atoms with Gasteiger partial charge in [0.2, 0.25) is 0 Å². The van der Waals surface area contributed by atoms with E-state index in [0.29, 0.717) is 0 Å². The molecule has 2 heterocycles. The summed E-state index contributed by atoms with van der Waals surface area (Å²) in [6.07, 6.45) is 5.86. The molecule has 0 atom stereocenters. The van der Waals surface area contributed by atoms with E-state index in [1.165, 1.54) is 16.5 Å². The molecular weight excluding hydrogens is 236 g/mol. The zero-order valence-corrected chi connectivity index (χ0v) is 10.9. The van der Waals surface area contributed by atoms with Gasteiger partial charge in [0.25, 0.3) is 0 Å². The first-order valence-corrected chi connectivity index (χ1v) is 6.41. The summed E-state index contributed by atoms with van der Waals surface area (Å²) in [5.41, 5.74) is 3.56. The summed E-state index contributed by atoms with van der Waals surface area (Å²) in [7, 11) is 1.70. The molecule has 1 aromatic carbocycles. The Labute approximate surface area is 112 Å². The summed E-state index contributed by atoms with van der Waals surface area (Å²) in [6.45, 7) is 0. The summed E-state index contributed by atoms with van der Waals surface area (Å²) in [4.78, 5) is 7.52. The van der Waals surface area contributed by atoms with Crippen LogP contribution in [0.1, 0.15) is 11.1 Å². The normalized spacial score (nSPS) is 10.8. The van der Waals surface area contributed by atoms with Gasteiger partial charge in [-0.15, -0.1) is 0 Å². The third-order valence-corrected chi connectivity index (χ3v) is 3.35. The SMILES string of the molecule is COc1cccc(CCc2c[nH]c3ncccc23)c1. The molecule has 96 valence electrons. The number of nitrogens with one attached hydrogen (secondary N) is 1. The average molecular weight is 252 g/mol. The van der Waals surface area contributed by atoms with E-state index >= 15 is 0 Å². The molecule has 0 saturated carbocycles. The topological polar surface area (TPSA) is 37.9 Å². The Hall–Kier alpha value is -2.29. The molecule has 19 heavy (non-hydrogen) atoms. The number of nitrogens with zero attached hydrogens (tertiary/aromatic N) is 1. The summed E-state index contributed by atoms with van der Waals surface area (Å²) >= 11 is 0. The lowest BCUT2D eigenvalue weighted by Crippen LogP contribution is -1.91. The molecule has 1 N–H and O–H groups in total. The number of ether oxygens (including phenoxy) is 1. The van der Waals surface area contributed by atoms with Crippen LogP contribution in [0.4, 0.5) is 0 Å². The van der Waals surface area contributed by atoms with Crippen molar-refractivity contribution in [2.24, 2.45) is 0 Å². The van der Waals surface area contributed by atoms with Gasteiger partial charge in [-0.2, -0.15) is 0 Å². The van der Waals surface area contributed by atoms with Crippen LogP contribution in [0.25, 0.3) is 11.0 Å². The molecule has 0 spiro atoms. The van der Waals surface area contributed by atoms with Crippen LogP contribution in [-0.2, 0) is 12.8 Å². The highest BCUT2D eigenvalue weighted by molar-refractivity contribution is 5.79. The van der Waals surface area contributed by atoms with Gasteiger partial charge in [-0.3, -0.25) is 0 Å². The second kappa shape index (κ2) is 5.14. The molecule has 3 nitrogen and oxygen atoms in total. The lowest BCUT2D eigenvalue weighted by Gasteiger charge is -2.04. The number of methoxy groups -OCH3 is 1. The minimum absolute atomic E-state index is 0.915. The van der Waals surface area contributed by atoms with Gasteiger partial charge in [0, 0.05) is 17.8 Å². The quantitative estimate of drug-likeness (QED) is 0.773. The zero-order chi connectivity index (χ0) is 13.1. The van der Waals surface area contributed by atoms with E-state index < -0.39 is 0 Å². The van der Waals surface area contributed by atoms with Crippen molar-refractivity contribution in [3.63, 3.8) is 0 Å². The lowest BCUT2D eigenvalue weighted by atomic mass is 10.0. The number of rotatable bonds is 4. The third-order valence-electron chi connectivity index (χ3n) is 3.35. The standard InChI is InChI=1S/C16H16N2O/c1-19-14-5-2-4-12(10-14)7-8-13-11-18-16-15(13)6-3-9-17-16/h2-6,9-11H,7-8H2,1H3,(H,17,18). The highest BCUT2D eigenvalue weighted by atomic mass is 16.5. The molecule has 0 unspecified atom stereocenters. The number of hydrogen-bond acceptors (Lipinski definition) is 2. The van der Waals surface area contributed by atoms with Crippen LogP contribution in [0.15, 0.2) is 48.8 Å². The van der Waals surface area contributed by atoms with Gasteiger partial charge < -0.3 is 9.72 Å². The van der Waals surface area contributed by atoms with Crippen molar-refractivity contribution in [1.29, 1.82) is 0 Å². The van der Waals surface area contributed by atoms with Crippen molar-refractivity contribution in [2.75, 3.05) is 7.11 Å². The number of benzene rings is 1. The van der Waals surface area contributed by atoms with Crippen LogP contribution in [0.5, 0.6) is 5.75 Å². The van der Waals surface area contributed by atoms with Gasteiger partial charge in [0.15, 0.2) is 0 Å². The molecule has 0 aliphatic carbocycles. The largest absolute Gasteiger partial charge is 0.497 e. The average Bonchev–Trinajstić information content (AvgIpc) is 2.89. The van der Waals surface area contributed by atoms with Gasteiger partial charge in [-0.05, 0) is 48.2 Å².